The third-order valence-electron chi connectivity index (χ3n) is 5.84. The van der Waals surface area contributed by atoms with Gasteiger partial charge in [-0.2, -0.15) is 0 Å². The summed E-state index contributed by atoms with van der Waals surface area (Å²) in [6, 6.07) is 13.3. The van der Waals surface area contributed by atoms with E-state index in [1.54, 1.807) is 19.1 Å². The van der Waals surface area contributed by atoms with Gasteiger partial charge in [0.05, 0.1) is 6.10 Å². The molecule has 8 heteroatoms. The molecule has 1 saturated carbocycles. The Morgan fingerprint density at radius 1 is 1.09 bits per heavy atom. The predicted molar refractivity (Wildman–Crippen MR) is 117 cm³/mol. The second-order valence-electron chi connectivity index (χ2n) is 8.26. The zero-order valence-corrected chi connectivity index (χ0v) is 18.2. The number of benzene rings is 2. The van der Waals surface area contributed by atoms with Crippen molar-refractivity contribution in [2.45, 2.75) is 64.1 Å². The minimum absolute atomic E-state index is 0.202. The maximum atomic E-state index is 13.3. The summed E-state index contributed by atoms with van der Waals surface area (Å²) < 4.78 is 20.8. The lowest BCUT2D eigenvalue weighted by molar-refractivity contribution is -0.124. The van der Waals surface area contributed by atoms with Gasteiger partial charge in [0.15, 0.2) is 0 Å². The van der Waals surface area contributed by atoms with Gasteiger partial charge in [-0.25, -0.2) is 9.07 Å². The van der Waals surface area contributed by atoms with Crippen molar-refractivity contribution in [2.24, 2.45) is 0 Å². The number of carbonyl (C=O) groups is 1. The van der Waals surface area contributed by atoms with Crippen LogP contribution in [0.25, 0.3) is 0 Å². The Morgan fingerprint density at radius 3 is 2.44 bits per heavy atom. The number of ether oxygens (including phenoxy) is 1. The van der Waals surface area contributed by atoms with E-state index >= 15 is 0 Å². The van der Waals surface area contributed by atoms with Crippen LogP contribution in [0.15, 0.2) is 48.5 Å². The highest BCUT2D eigenvalue weighted by Crippen LogP contribution is 2.23. The third-order valence-corrected chi connectivity index (χ3v) is 5.84. The molecule has 3 aromatic rings. The average Bonchev–Trinajstić information content (AvgIpc) is 3.24. The van der Waals surface area contributed by atoms with Crippen LogP contribution in [-0.2, 0) is 17.8 Å². The summed E-state index contributed by atoms with van der Waals surface area (Å²) in [5, 5.41) is 14.5. The van der Waals surface area contributed by atoms with Crippen LogP contribution in [-0.4, -0.2) is 32.2 Å². The monoisotopic (exact) mass is 437 g/mol. The Kier molecular flexibility index (Phi) is 7.09. The van der Waals surface area contributed by atoms with Crippen LogP contribution in [0.1, 0.15) is 55.1 Å². The average molecular weight is 438 g/mol. The fraction of sp³-hybridized carbons (Fsp3) is 0.417. The van der Waals surface area contributed by atoms with Gasteiger partial charge < -0.3 is 10.1 Å². The third kappa shape index (κ3) is 5.69. The molecule has 168 valence electrons. The first-order valence-electron chi connectivity index (χ1n) is 11.1. The van der Waals surface area contributed by atoms with Gasteiger partial charge in [-0.1, -0.05) is 30.7 Å². The van der Waals surface area contributed by atoms with Crippen molar-refractivity contribution in [1.29, 1.82) is 0 Å². The Balaban J connectivity index is 1.38. The first-order valence-corrected chi connectivity index (χ1v) is 11.1. The van der Waals surface area contributed by atoms with Crippen LogP contribution in [0.5, 0.6) is 5.75 Å². The molecule has 7 nitrogen and oxygen atoms in total. The maximum Gasteiger partial charge on any atom is 0.245 e. The number of nitrogens with zero attached hydrogens (tertiary/aromatic N) is 4. The molecule has 1 aliphatic carbocycles. The molecular formula is C24H28FN5O2. The summed E-state index contributed by atoms with van der Waals surface area (Å²) in [5.74, 6) is 0.887. The minimum Gasteiger partial charge on any atom is -0.490 e. The van der Waals surface area contributed by atoms with E-state index < -0.39 is 6.04 Å². The van der Waals surface area contributed by atoms with Gasteiger partial charge in [0.1, 0.15) is 23.4 Å². The molecule has 4 rings (SSSR count). The molecule has 1 aliphatic rings. The van der Waals surface area contributed by atoms with Crippen molar-refractivity contribution in [3.63, 3.8) is 0 Å². The maximum absolute atomic E-state index is 13.3. The molecule has 1 N–H and O–H groups in total. The van der Waals surface area contributed by atoms with Gasteiger partial charge in [-0.15, -0.1) is 5.10 Å². The smallest absolute Gasteiger partial charge is 0.245 e. The molecule has 32 heavy (non-hydrogen) atoms. The minimum atomic E-state index is -0.635. The molecule has 2 aromatic carbocycles. The highest BCUT2D eigenvalue weighted by atomic mass is 19.1. The molecule has 0 saturated heterocycles. The van der Waals surface area contributed by atoms with Crippen LogP contribution < -0.4 is 10.1 Å². The topological polar surface area (TPSA) is 81.9 Å². The van der Waals surface area contributed by atoms with Gasteiger partial charge in [0, 0.05) is 13.0 Å². The van der Waals surface area contributed by atoms with Crippen molar-refractivity contribution < 1.29 is 13.9 Å². The van der Waals surface area contributed by atoms with E-state index in [1.807, 2.05) is 24.3 Å². The highest BCUT2D eigenvalue weighted by molar-refractivity contribution is 5.80. The normalized spacial score (nSPS) is 15.3. The SMILES string of the molecule is Cc1nnnn1C(Cc1ccc(F)cc1)C(=O)NCc1ccc(OC2CCCCC2)cc1. The summed E-state index contributed by atoms with van der Waals surface area (Å²) >= 11 is 0. The Morgan fingerprint density at radius 2 is 1.78 bits per heavy atom. The summed E-state index contributed by atoms with van der Waals surface area (Å²) in [4.78, 5) is 13.0. The van der Waals surface area contributed by atoms with Crippen LogP contribution in [0, 0.1) is 12.7 Å². The van der Waals surface area contributed by atoms with E-state index in [1.165, 1.54) is 36.1 Å². The number of rotatable bonds is 8. The number of amides is 1. The Hall–Kier alpha value is -3.29. The fourth-order valence-electron chi connectivity index (χ4n) is 4.03. The van der Waals surface area contributed by atoms with E-state index in [4.69, 9.17) is 4.74 Å². The van der Waals surface area contributed by atoms with E-state index in [2.05, 4.69) is 20.8 Å². The first kappa shape index (κ1) is 21.9. The van der Waals surface area contributed by atoms with Crippen molar-refractivity contribution in [2.75, 3.05) is 0 Å². The number of carbonyl (C=O) groups excluding carboxylic acids is 1. The number of hydrogen-bond donors (Lipinski definition) is 1. The molecule has 1 atom stereocenters. The number of hydrogen-bond acceptors (Lipinski definition) is 5. The summed E-state index contributed by atoms with van der Waals surface area (Å²) in [5.41, 5.74) is 1.80. The predicted octanol–water partition coefficient (Wildman–Crippen LogP) is 3.93. The molecule has 1 unspecified atom stereocenters. The molecule has 0 spiro atoms. The van der Waals surface area contributed by atoms with E-state index in [0.29, 0.717) is 24.9 Å². The summed E-state index contributed by atoms with van der Waals surface area (Å²) in [6.45, 7) is 2.12. The molecule has 0 radical (unpaired) electrons. The molecule has 1 heterocycles. The van der Waals surface area contributed by atoms with Gasteiger partial charge in [-0.05, 0) is 78.4 Å². The van der Waals surface area contributed by atoms with Gasteiger partial charge in [0.25, 0.3) is 0 Å². The molecule has 0 aliphatic heterocycles. The lowest BCUT2D eigenvalue weighted by Gasteiger charge is -2.23. The largest absolute Gasteiger partial charge is 0.490 e. The van der Waals surface area contributed by atoms with E-state index in [0.717, 1.165) is 29.7 Å². The molecule has 1 amide bonds. The number of nitrogens with one attached hydrogen (secondary N) is 1. The molecule has 1 aromatic heterocycles. The van der Waals surface area contributed by atoms with Crippen molar-refractivity contribution in [1.82, 2.24) is 25.5 Å². The van der Waals surface area contributed by atoms with Crippen LogP contribution in [0.2, 0.25) is 0 Å². The Bertz CT molecular complexity index is 1010. The van der Waals surface area contributed by atoms with Crippen molar-refractivity contribution in [3.05, 3.63) is 71.3 Å². The zero-order chi connectivity index (χ0) is 22.3. The lowest BCUT2D eigenvalue weighted by atomic mass is 9.98. The number of halogens is 1. The number of aryl methyl sites for hydroxylation is 1. The van der Waals surface area contributed by atoms with Crippen molar-refractivity contribution >= 4 is 5.91 Å². The lowest BCUT2D eigenvalue weighted by Crippen LogP contribution is -2.34. The second-order valence-corrected chi connectivity index (χ2v) is 8.26. The standard InChI is InChI=1S/C24H28FN5O2/c1-17-27-28-29-30(17)23(15-18-7-11-20(25)12-8-18)24(31)26-16-19-9-13-22(14-10-19)32-21-5-3-2-4-6-21/h7-14,21,23H,2-6,15-16H2,1H3,(H,26,31). The molecular weight excluding hydrogens is 409 g/mol. The van der Waals surface area contributed by atoms with Gasteiger partial charge in [-0.3, -0.25) is 4.79 Å². The van der Waals surface area contributed by atoms with Crippen LogP contribution in [0.3, 0.4) is 0 Å². The Labute approximate surface area is 187 Å². The first-order chi connectivity index (χ1) is 15.6. The second kappa shape index (κ2) is 10.3. The van der Waals surface area contributed by atoms with Crippen LogP contribution in [0.4, 0.5) is 4.39 Å². The molecule has 1 fully saturated rings. The van der Waals surface area contributed by atoms with Gasteiger partial charge >= 0.3 is 0 Å². The quantitative estimate of drug-likeness (QED) is 0.577. The summed E-state index contributed by atoms with van der Waals surface area (Å²) in [6.07, 6.45) is 6.65. The van der Waals surface area contributed by atoms with E-state index in [-0.39, 0.29) is 11.7 Å². The van der Waals surface area contributed by atoms with Crippen molar-refractivity contribution in [3.8, 4) is 5.75 Å². The van der Waals surface area contributed by atoms with Gasteiger partial charge in [0.2, 0.25) is 5.91 Å². The number of aromatic nitrogens is 4. The molecule has 0 bridgehead atoms. The highest BCUT2D eigenvalue weighted by Gasteiger charge is 2.24. The van der Waals surface area contributed by atoms with E-state index in [9.17, 15) is 9.18 Å². The number of tetrazole rings is 1. The summed E-state index contributed by atoms with van der Waals surface area (Å²) in [7, 11) is 0. The van der Waals surface area contributed by atoms with Crippen LogP contribution >= 0.6 is 0 Å². The fourth-order valence-corrected chi connectivity index (χ4v) is 4.03. The zero-order valence-electron chi connectivity index (χ0n) is 18.2.